The first kappa shape index (κ1) is 17.3. The normalized spacial score (nSPS) is 15.0. The molecule has 2 aromatic heterocycles. The van der Waals surface area contributed by atoms with Crippen LogP contribution in [0.1, 0.15) is 37.4 Å². The Labute approximate surface area is 160 Å². The fourth-order valence-electron chi connectivity index (χ4n) is 2.85. The third-order valence-electron chi connectivity index (χ3n) is 4.33. The fourth-order valence-corrected chi connectivity index (χ4v) is 4.37. The van der Waals surface area contributed by atoms with Gasteiger partial charge in [0.25, 0.3) is 0 Å². The van der Waals surface area contributed by atoms with E-state index >= 15 is 0 Å². The molecule has 0 bridgehead atoms. The van der Waals surface area contributed by atoms with Crippen molar-refractivity contribution < 1.29 is 4.79 Å². The first-order valence-corrected chi connectivity index (χ1v) is 10.5. The van der Waals surface area contributed by atoms with Gasteiger partial charge in [-0.1, -0.05) is 48.2 Å². The van der Waals surface area contributed by atoms with Crippen LogP contribution in [-0.4, -0.2) is 26.4 Å². The van der Waals surface area contributed by atoms with Crippen LogP contribution in [0.3, 0.4) is 0 Å². The lowest BCUT2D eigenvalue weighted by atomic mass is 10.1. The molecular formula is C19H20N4OS2. The van der Waals surface area contributed by atoms with Gasteiger partial charge in [0.2, 0.25) is 5.91 Å². The molecule has 7 heteroatoms. The average Bonchev–Trinajstić information content (AvgIpc) is 3.18. The molecule has 1 amide bonds. The molecule has 0 spiro atoms. The van der Waals surface area contributed by atoms with Gasteiger partial charge in [-0.3, -0.25) is 9.36 Å². The maximum absolute atomic E-state index is 12.3. The van der Waals surface area contributed by atoms with E-state index in [1.165, 1.54) is 11.8 Å². The molecule has 1 N–H and O–H groups in total. The van der Waals surface area contributed by atoms with Gasteiger partial charge in [-0.2, -0.15) is 0 Å². The zero-order valence-electron chi connectivity index (χ0n) is 14.5. The van der Waals surface area contributed by atoms with Crippen molar-refractivity contribution in [2.45, 2.75) is 37.0 Å². The number of rotatable bonds is 7. The van der Waals surface area contributed by atoms with Crippen LogP contribution < -0.4 is 5.32 Å². The Kier molecular flexibility index (Phi) is 5.08. The van der Waals surface area contributed by atoms with Crippen LogP contribution in [0.25, 0.3) is 10.7 Å². The lowest BCUT2D eigenvalue weighted by Crippen LogP contribution is -2.28. The van der Waals surface area contributed by atoms with Gasteiger partial charge >= 0.3 is 0 Å². The molecule has 0 unspecified atom stereocenters. The third kappa shape index (κ3) is 3.83. The fraction of sp³-hybridized carbons (Fsp3) is 0.316. The second kappa shape index (κ2) is 7.63. The van der Waals surface area contributed by atoms with Crippen LogP contribution in [0.2, 0.25) is 0 Å². The summed E-state index contributed by atoms with van der Waals surface area (Å²) < 4.78 is 2.20. The summed E-state index contributed by atoms with van der Waals surface area (Å²) in [4.78, 5) is 13.5. The number of amides is 1. The molecule has 26 heavy (non-hydrogen) atoms. The van der Waals surface area contributed by atoms with Crippen molar-refractivity contribution in [2.24, 2.45) is 0 Å². The number of carbonyl (C=O) groups is 1. The Bertz CT molecular complexity index is 872. The first-order chi connectivity index (χ1) is 12.7. The van der Waals surface area contributed by atoms with Crippen molar-refractivity contribution in [3.05, 3.63) is 53.4 Å². The molecule has 5 nitrogen and oxygen atoms in total. The van der Waals surface area contributed by atoms with E-state index in [0.717, 1.165) is 34.3 Å². The molecule has 4 rings (SSSR count). The number of thioether (sulfide) groups is 1. The van der Waals surface area contributed by atoms with Gasteiger partial charge in [0, 0.05) is 6.04 Å². The summed E-state index contributed by atoms with van der Waals surface area (Å²) in [6.45, 7) is 2.00. The minimum Gasteiger partial charge on any atom is -0.349 e. The summed E-state index contributed by atoms with van der Waals surface area (Å²) in [5.74, 6) is 1.27. The number of hydrogen-bond acceptors (Lipinski definition) is 5. The standard InChI is InChI=1S/C19H20N4OS2/c1-13(14-6-3-2-4-7-14)20-17(24)12-26-19-22-21-18(16-8-5-11-25-16)23(19)15-9-10-15/h2-8,11,13,15H,9-10,12H2,1H3,(H,20,24)/t13-/m0/s1. The van der Waals surface area contributed by atoms with E-state index in [4.69, 9.17) is 0 Å². The van der Waals surface area contributed by atoms with Gasteiger partial charge in [-0.25, -0.2) is 0 Å². The first-order valence-electron chi connectivity index (χ1n) is 8.68. The highest BCUT2D eigenvalue weighted by molar-refractivity contribution is 7.99. The number of aromatic nitrogens is 3. The number of benzene rings is 1. The lowest BCUT2D eigenvalue weighted by molar-refractivity contribution is -0.119. The number of hydrogen-bond donors (Lipinski definition) is 1. The molecule has 0 aliphatic heterocycles. The Balaban J connectivity index is 1.41. The van der Waals surface area contributed by atoms with Crippen molar-refractivity contribution in [3.63, 3.8) is 0 Å². The van der Waals surface area contributed by atoms with Crippen LogP contribution in [0, 0.1) is 0 Å². The second-order valence-corrected chi connectivity index (χ2v) is 8.26. The van der Waals surface area contributed by atoms with Crippen LogP contribution in [-0.2, 0) is 4.79 Å². The Morgan fingerprint density at radius 3 is 2.77 bits per heavy atom. The maximum atomic E-state index is 12.3. The topological polar surface area (TPSA) is 59.8 Å². The van der Waals surface area contributed by atoms with Crippen LogP contribution in [0.5, 0.6) is 0 Å². The number of nitrogens with one attached hydrogen (secondary N) is 1. The molecule has 0 radical (unpaired) electrons. The number of carbonyl (C=O) groups excluding carboxylic acids is 1. The SMILES string of the molecule is C[C@H](NC(=O)CSc1nnc(-c2cccs2)n1C1CC1)c1ccccc1. The van der Waals surface area contributed by atoms with Gasteiger partial charge in [0.05, 0.1) is 16.7 Å². The minimum atomic E-state index is -0.00715. The zero-order chi connectivity index (χ0) is 17.9. The van der Waals surface area contributed by atoms with Crippen molar-refractivity contribution >= 4 is 29.0 Å². The van der Waals surface area contributed by atoms with E-state index in [-0.39, 0.29) is 11.9 Å². The summed E-state index contributed by atoms with van der Waals surface area (Å²) in [5.41, 5.74) is 1.10. The second-order valence-electron chi connectivity index (χ2n) is 6.37. The van der Waals surface area contributed by atoms with E-state index in [0.29, 0.717) is 11.8 Å². The predicted octanol–water partition coefficient (Wildman–Crippen LogP) is 4.31. The van der Waals surface area contributed by atoms with Crippen molar-refractivity contribution in [1.29, 1.82) is 0 Å². The van der Waals surface area contributed by atoms with Crippen LogP contribution >= 0.6 is 23.1 Å². The average molecular weight is 385 g/mol. The van der Waals surface area contributed by atoms with Gasteiger partial charge in [0.1, 0.15) is 0 Å². The van der Waals surface area contributed by atoms with Gasteiger partial charge < -0.3 is 5.32 Å². The molecule has 134 valence electrons. The Hall–Kier alpha value is -2.12. The molecular weight excluding hydrogens is 364 g/mol. The number of thiophene rings is 1. The quantitative estimate of drug-likeness (QED) is 0.617. The molecule has 1 atom stereocenters. The van der Waals surface area contributed by atoms with E-state index < -0.39 is 0 Å². The molecule has 1 aromatic carbocycles. The monoisotopic (exact) mass is 384 g/mol. The molecule has 1 fully saturated rings. The smallest absolute Gasteiger partial charge is 0.230 e. The van der Waals surface area contributed by atoms with Crippen LogP contribution in [0.15, 0.2) is 53.0 Å². The predicted molar refractivity (Wildman–Crippen MR) is 105 cm³/mol. The summed E-state index contributed by atoms with van der Waals surface area (Å²) in [6, 6.07) is 14.5. The highest BCUT2D eigenvalue weighted by Crippen LogP contribution is 2.41. The van der Waals surface area contributed by atoms with Crippen molar-refractivity contribution in [1.82, 2.24) is 20.1 Å². The highest BCUT2D eigenvalue weighted by Gasteiger charge is 2.30. The van der Waals surface area contributed by atoms with Crippen molar-refractivity contribution in [3.8, 4) is 10.7 Å². The van der Waals surface area contributed by atoms with Gasteiger partial charge in [-0.15, -0.1) is 21.5 Å². The van der Waals surface area contributed by atoms with E-state index in [1.807, 2.05) is 48.7 Å². The summed E-state index contributed by atoms with van der Waals surface area (Å²) in [6.07, 6.45) is 2.31. The van der Waals surface area contributed by atoms with E-state index in [1.54, 1.807) is 11.3 Å². The zero-order valence-corrected chi connectivity index (χ0v) is 16.1. The molecule has 1 aliphatic carbocycles. The maximum Gasteiger partial charge on any atom is 0.230 e. The van der Waals surface area contributed by atoms with Gasteiger partial charge in [-0.05, 0) is 36.8 Å². The van der Waals surface area contributed by atoms with Crippen LogP contribution in [0.4, 0.5) is 0 Å². The molecule has 1 aliphatic rings. The Morgan fingerprint density at radius 1 is 1.27 bits per heavy atom. The molecule has 0 saturated heterocycles. The van der Waals surface area contributed by atoms with Crippen molar-refractivity contribution in [2.75, 3.05) is 5.75 Å². The van der Waals surface area contributed by atoms with E-state index in [2.05, 4.69) is 26.1 Å². The Morgan fingerprint density at radius 2 is 2.08 bits per heavy atom. The summed E-state index contributed by atoms with van der Waals surface area (Å²) in [5, 5.41) is 14.7. The molecule has 2 heterocycles. The summed E-state index contributed by atoms with van der Waals surface area (Å²) >= 11 is 3.13. The molecule has 3 aromatic rings. The lowest BCUT2D eigenvalue weighted by Gasteiger charge is -2.14. The van der Waals surface area contributed by atoms with Gasteiger partial charge in [0.15, 0.2) is 11.0 Å². The summed E-state index contributed by atoms with van der Waals surface area (Å²) in [7, 11) is 0. The third-order valence-corrected chi connectivity index (χ3v) is 6.14. The number of nitrogens with zero attached hydrogens (tertiary/aromatic N) is 3. The van der Waals surface area contributed by atoms with E-state index in [9.17, 15) is 4.79 Å². The highest BCUT2D eigenvalue weighted by atomic mass is 32.2. The minimum absolute atomic E-state index is 0.00715. The largest absolute Gasteiger partial charge is 0.349 e. The molecule has 1 saturated carbocycles.